The van der Waals surface area contributed by atoms with Crippen LogP contribution in [0.1, 0.15) is 28.5 Å². The summed E-state index contributed by atoms with van der Waals surface area (Å²) in [4.78, 5) is 0. The van der Waals surface area contributed by atoms with Gasteiger partial charge in [0, 0.05) is 0 Å². The van der Waals surface area contributed by atoms with Gasteiger partial charge in [0.25, 0.3) is 0 Å². The lowest BCUT2D eigenvalue weighted by Crippen LogP contribution is -2.09. The first-order chi connectivity index (χ1) is 9.66. The van der Waals surface area contributed by atoms with E-state index < -0.39 is 11.2 Å². The smallest absolute Gasteiger partial charge is 0.142 e. The number of hydrogen-bond acceptors (Lipinski definition) is 1. The zero-order valence-electron chi connectivity index (χ0n) is 10.7. The second-order valence-electron chi connectivity index (χ2n) is 4.82. The van der Waals surface area contributed by atoms with Crippen LogP contribution < -0.4 is 4.74 Å². The summed E-state index contributed by atoms with van der Waals surface area (Å²) in [6, 6.07) is 10.5. The van der Waals surface area contributed by atoms with Gasteiger partial charge in [-0.3, -0.25) is 0 Å². The Morgan fingerprint density at radius 1 is 1.20 bits per heavy atom. The maximum Gasteiger partial charge on any atom is 0.142 e. The monoisotopic (exact) mass is 310 g/mol. The van der Waals surface area contributed by atoms with Crippen LogP contribution in [0.4, 0.5) is 4.39 Å². The Labute approximate surface area is 127 Å². The van der Waals surface area contributed by atoms with Crippen molar-refractivity contribution in [1.82, 2.24) is 0 Å². The van der Waals surface area contributed by atoms with Crippen LogP contribution in [0.15, 0.2) is 36.4 Å². The Bertz CT molecular complexity index is 642. The quantitative estimate of drug-likeness (QED) is 0.698. The molecule has 2 aromatic carbocycles. The van der Waals surface area contributed by atoms with Crippen molar-refractivity contribution in [3.63, 3.8) is 0 Å². The van der Waals surface area contributed by atoms with E-state index >= 15 is 0 Å². The topological polar surface area (TPSA) is 9.23 Å². The molecule has 0 radical (unpaired) electrons. The van der Waals surface area contributed by atoms with E-state index in [1.165, 1.54) is 6.07 Å². The molecule has 104 valence electrons. The average molecular weight is 311 g/mol. The highest BCUT2D eigenvalue weighted by molar-refractivity contribution is 6.33. The second kappa shape index (κ2) is 5.63. The van der Waals surface area contributed by atoms with E-state index in [0.29, 0.717) is 5.56 Å². The van der Waals surface area contributed by atoms with E-state index in [0.717, 1.165) is 36.3 Å². The molecule has 0 saturated carbocycles. The number of hydrogen-bond donors (Lipinski definition) is 0. The second-order valence-corrected chi connectivity index (χ2v) is 5.64. The number of rotatable bonds is 2. The number of alkyl halides is 1. The van der Waals surface area contributed by atoms with Crippen molar-refractivity contribution in [2.45, 2.75) is 18.2 Å². The standard InChI is InChI=1S/C16H13Cl2FO/c17-15(12-4-1-5-13(19)16(12)18)11-6-7-14-10(9-11)3-2-8-20-14/h1,4-7,9,15H,2-3,8H2. The first-order valence-corrected chi connectivity index (χ1v) is 7.32. The molecule has 1 atom stereocenters. The van der Waals surface area contributed by atoms with Crippen molar-refractivity contribution in [3.8, 4) is 5.75 Å². The number of halogens is 3. The fourth-order valence-electron chi connectivity index (χ4n) is 2.43. The van der Waals surface area contributed by atoms with Gasteiger partial charge in [-0.25, -0.2) is 4.39 Å². The molecule has 0 aromatic heterocycles. The third-order valence-electron chi connectivity index (χ3n) is 3.48. The Hall–Kier alpha value is -1.25. The molecular weight excluding hydrogens is 298 g/mol. The number of benzene rings is 2. The molecular formula is C16H13Cl2FO. The van der Waals surface area contributed by atoms with Crippen molar-refractivity contribution < 1.29 is 9.13 Å². The lowest BCUT2D eigenvalue weighted by atomic mass is 9.98. The normalized spacial score (nSPS) is 15.3. The van der Waals surface area contributed by atoms with E-state index in [4.69, 9.17) is 27.9 Å². The van der Waals surface area contributed by atoms with Crippen molar-refractivity contribution in [2.75, 3.05) is 6.61 Å². The van der Waals surface area contributed by atoms with Crippen LogP contribution in [0.5, 0.6) is 5.75 Å². The van der Waals surface area contributed by atoms with Gasteiger partial charge >= 0.3 is 0 Å². The highest BCUT2D eigenvalue weighted by Gasteiger charge is 2.19. The first kappa shape index (κ1) is 13.7. The van der Waals surface area contributed by atoms with Crippen LogP contribution in [-0.4, -0.2) is 6.61 Å². The van der Waals surface area contributed by atoms with E-state index in [1.807, 2.05) is 18.2 Å². The van der Waals surface area contributed by atoms with Crippen LogP contribution in [0.2, 0.25) is 5.02 Å². The zero-order chi connectivity index (χ0) is 14.1. The van der Waals surface area contributed by atoms with Crippen molar-refractivity contribution in [3.05, 3.63) is 63.9 Å². The van der Waals surface area contributed by atoms with Gasteiger partial charge in [-0.05, 0) is 41.7 Å². The minimum Gasteiger partial charge on any atom is -0.493 e. The average Bonchev–Trinajstić information content (AvgIpc) is 2.49. The lowest BCUT2D eigenvalue weighted by Gasteiger charge is -2.20. The molecule has 4 heteroatoms. The van der Waals surface area contributed by atoms with Crippen LogP contribution in [0, 0.1) is 5.82 Å². The minimum absolute atomic E-state index is 0.0847. The lowest BCUT2D eigenvalue weighted by molar-refractivity contribution is 0.288. The Morgan fingerprint density at radius 3 is 2.90 bits per heavy atom. The molecule has 1 heterocycles. The predicted octanol–water partition coefficient (Wildman–Crippen LogP) is 5.13. The van der Waals surface area contributed by atoms with Gasteiger partial charge in [0.2, 0.25) is 0 Å². The maximum atomic E-state index is 13.5. The number of ether oxygens (including phenoxy) is 1. The van der Waals surface area contributed by atoms with Gasteiger partial charge in [0.1, 0.15) is 11.6 Å². The van der Waals surface area contributed by atoms with E-state index in [2.05, 4.69) is 0 Å². The molecule has 1 aliphatic rings. The fraction of sp³-hybridized carbons (Fsp3) is 0.250. The minimum atomic E-state index is -0.467. The van der Waals surface area contributed by atoms with Crippen LogP contribution in [0.25, 0.3) is 0 Å². The van der Waals surface area contributed by atoms with E-state index in [1.54, 1.807) is 12.1 Å². The summed E-state index contributed by atoms with van der Waals surface area (Å²) in [7, 11) is 0. The molecule has 20 heavy (non-hydrogen) atoms. The largest absolute Gasteiger partial charge is 0.493 e. The molecule has 0 fully saturated rings. The maximum absolute atomic E-state index is 13.5. The van der Waals surface area contributed by atoms with Gasteiger partial charge in [0.15, 0.2) is 0 Å². The van der Waals surface area contributed by atoms with Crippen LogP contribution >= 0.6 is 23.2 Å². The number of fused-ring (bicyclic) bond motifs is 1. The fourth-order valence-corrected chi connectivity index (χ4v) is 3.04. The molecule has 0 bridgehead atoms. The molecule has 0 spiro atoms. The highest BCUT2D eigenvalue weighted by atomic mass is 35.5. The Morgan fingerprint density at radius 2 is 2.05 bits per heavy atom. The van der Waals surface area contributed by atoms with Gasteiger partial charge in [-0.2, -0.15) is 0 Å². The van der Waals surface area contributed by atoms with Gasteiger partial charge in [-0.15, -0.1) is 11.6 Å². The van der Waals surface area contributed by atoms with Crippen molar-refractivity contribution in [1.29, 1.82) is 0 Å². The van der Waals surface area contributed by atoms with Crippen molar-refractivity contribution >= 4 is 23.2 Å². The van der Waals surface area contributed by atoms with Gasteiger partial charge in [-0.1, -0.05) is 35.9 Å². The molecule has 1 nitrogen and oxygen atoms in total. The molecule has 1 aliphatic heterocycles. The van der Waals surface area contributed by atoms with Gasteiger partial charge < -0.3 is 4.74 Å². The predicted molar refractivity (Wildman–Crippen MR) is 79.4 cm³/mol. The zero-order valence-corrected chi connectivity index (χ0v) is 12.2. The summed E-state index contributed by atoms with van der Waals surface area (Å²) in [5.74, 6) is 0.463. The summed E-state index contributed by atoms with van der Waals surface area (Å²) < 4.78 is 19.1. The van der Waals surface area contributed by atoms with Crippen LogP contribution in [-0.2, 0) is 6.42 Å². The SMILES string of the molecule is Fc1cccc(C(Cl)c2ccc3c(c2)CCCO3)c1Cl. The van der Waals surface area contributed by atoms with E-state index in [-0.39, 0.29) is 5.02 Å². The molecule has 2 aromatic rings. The number of aryl methyl sites for hydroxylation is 1. The molecule has 1 unspecified atom stereocenters. The van der Waals surface area contributed by atoms with E-state index in [9.17, 15) is 4.39 Å². The molecule has 0 aliphatic carbocycles. The Kier molecular flexibility index (Phi) is 3.86. The van der Waals surface area contributed by atoms with Crippen LogP contribution in [0.3, 0.4) is 0 Å². The Balaban J connectivity index is 1.98. The molecule has 0 amide bonds. The first-order valence-electron chi connectivity index (χ1n) is 6.50. The summed E-state index contributed by atoms with van der Waals surface area (Å²) in [5.41, 5.74) is 2.64. The molecule has 0 N–H and O–H groups in total. The third kappa shape index (κ3) is 2.50. The van der Waals surface area contributed by atoms with Crippen molar-refractivity contribution in [2.24, 2.45) is 0 Å². The highest BCUT2D eigenvalue weighted by Crippen LogP contribution is 2.37. The summed E-state index contributed by atoms with van der Waals surface area (Å²) in [6.45, 7) is 0.756. The summed E-state index contributed by atoms with van der Waals surface area (Å²) in [6.07, 6.45) is 1.98. The van der Waals surface area contributed by atoms with Gasteiger partial charge in [0.05, 0.1) is 17.0 Å². The third-order valence-corrected chi connectivity index (χ3v) is 4.37. The summed E-state index contributed by atoms with van der Waals surface area (Å²) in [5, 5.41) is -0.383. The molecule has 3 rings (SSSR count). The summed E-state index contributed by atoms with van der Waals surface area (Å²) >= 11 is 12.5. The molecule has 0 saturated heterocycles.